The lowest BCUT2D eigenvalue weighted by Gasteiger charge is -2.17. The molecule has 1 amide bonds. The van der Waals surface area contributed by atoms with Crippen LogP contribution in [0.5, 0.6) is 0 Å². The van der Waals surface area contributed by atoms with Crippen molar-refractivity contribution in [1.29, 1.82) is 0 Å². The number of benzene rings is 1. The lowest BCUT2D eigenvalue weighted by atomic mass is 10.1. The van der Waals surface area contributed by atoms with Gasteiger partial charge in [-0.1, -0.05) is 0 Å². The summed E-state index contributed by atoms with van der Waals surface area (Å²) in [5.74, 6) is -0.0206. The summed E-state index contributed by atoms with van der Waals surface area (Å²) in [7, 11) is 3.51. The van der Waals surface area contributed by atoms with Crippen LogP contribution in [0, 0.1) is 0 Å². The Labute approximate surface area is 136 Å². The van der Waals surface area contributed by atoms with Crippen LogP contribution in [-0.2, 0) is 0 Å². The van der Waals surface area contributed by atoms with E-state index in [0.717, 1.165) is 36.1 Å². The average Bonchev–Trinajstić information content (AvgIpc) is 3.00. The Morgan fingerprint density at radius 1 is 1.36 bits per heavy atom. The molecule has 1 aromatic heterocycles. The second-order valence-corrected chi connectivity index (χ2v) is 5.59. The van der Waals surface area contributed by atoms with Crippen LogP contribution >= 0.6 is 12.4 Å². The first-order chi connectivity index (χ1) is 10.2. The summed E-state index contributed by atoms with van der Waals surface area (Å²) < 4.78 is 0. The standard InChI is InChI=1S/C16H20N4O.ClH/c1-20(2)16(21)13-5-6-14(19-11-7-9-17-10-11)12-4-3-8-18-15(12)13;/h3-6,8,11,17,19H,7,9-10H2,1-2H3;1H/t11-;/m0./s1. The molecule has 0 aliphatic carbocycles. The van der Waals surface area contributed by atoms with Gasteiger partial charge in [-0.25, -0.2) is 0 Å². The molecule has 3 rings (SSSR count). The lowest BCUT2D eigenvalue weighted by Crippen LogP contribution is -2.23. The number of amides is 1. The van der Waals surface area contributed by atoms with Gasteiger partial charge in [0.05, 0.1) is 11.1 Å². The second kappa shape index (κ2) is 6.94. The van der Waals surface area contributed by atoms with Crippen molar-refractivity contribution in [2.24, 2.45) is 0 Å². The van der Waals surface area contributed by atoms with Crippen LogP contribution in [0.2, 0.25) is 0 Å². The third kappa shape index (κ3) is 3.15. The van der Waals surface area contributed by atoms with Gasteiger partial charge >= 0.3 is 0 Å². The van der Waals surface area contributed by atoms with E-state index in [0.29, 0.717) is 11.6 Å². The fourth-order valence-electron chi connectivity index (χ4n) is 2.71. The minimum atomic E-state index is -0.0206. The van der Waals surface area contributed by atoms with E-state index in [4.69, 9.17) is 0 Å². The number of hydrogen-bond acceptors (Lipinski definition) is 4. The molecule has 1 fully saturated rings. The summed E-state index contributed by atoms with van der Waals surface area (Å²) >= 11 is 0. The molecule has 1 saturated heterocycles. The number of aromatic nitrogens is 1. The molecule has 1 aromatic carbocycles. The molecule has 0 spiro atoms. The molecule has 5 nitrogen and oxygen atoms in total. The number of hydrogen-bond donors (Lipinski definition) is 2. The monoisotopic (exact) mass is 320 g/mol. The Balaban J connectivity index is 0.00000176. The van der Waals surface area contributed by atoms with Crippen molar-refractivity contribution in [3.63, 3.8) is 0 Å². The smallest absolute Gasteiger partial charge is 0.255 e. The van der Waals surface area contributed by atoms with Gasteiger partial charge in [-0.3, -0.25) is 9.78 Å². The molecular weight excluding hydrogens is 300 g/mol. The number of nitrogens with one attached hydrogen (secondary N) is 2. The highest BCUT2D eigenvalue weighted by atomic mass is 35.5. The van der Waals surface area contributed by atoms with Gasteiger partial charge in [0.15, 0.2) is 0 Å². The topological polar surface area (TPSA) is 57.3 Å². The van der Waals surface area contributed by atoms with Crippen molar-refractivity contribution in [2.45, 2.75) is 12.5 Å². The van der Waals surface area contributed by atoms with Gasteiger partial charge in [-0.05, 0) is 37.2 Å². The quantitative estimate of drug-likeness (QED) is 0.909. The molecule has 6 heteroatoms. The highest BCUT2D eigenvalue weighted by Crippen LogP contribution is 2.26. The molecule has 0 bridgehead atoms. The third-order valence-electron chi connectivity index (χ3n) is 3.83. The number of anilines is 1. The minimum absolute atomic E-state index is 0. The van der Waals surface area contributed by atoms with E-state index in [-0.39, 0.29) is 18.3 Å². The highest BCUT2D eigenvalue weighted by Gasteiger charge is 2.18. The van der Waals surface area contributed by atoms with Crippen molar-refractivity contribution >= 4 is 34.9 Å². The molecule has 1 aliphatic heterocycles. The SMILES string of the molecule is CN(C)C(=O)c1ccc(N[C@H]2CCNC2)c2cccnc12.Cl. The van der Waals surface area contributed by atoms with E-state index >= 15 is 0 Å². The van der Waals surface area contributed by atoms with Crippen molar-refractivity contribution in [3.8, 4) is 0 Å². The summed E-state index contributed by atoms with van der Waals surface area (Å²) in [5, 5.41) is 7.90. The van der Waals surface area contributed by atoms with Gasteiger partial charge in [-0.2, -0.15) is 0 Å². The van der Waals surface area contributed by atoms with Crippen molar-refractivity contribution in [3.05, 3.63) is 36.0 Å². The van der Waals surface area contributed by atoms with E-state index in [2.05, 4.69) is 15.6 Å². The Hall–Kier alpha value is -1.85. The maximum Gasteiger partial charge on any atom is 0.255 e. The second-order valence-electron chi connectivity index (χ2n) is 5.59. The third-order valence-corrected chi connectivity index (χ3v) is 3.83. The van der Waals surface area contributed by atoms with E-state index in [1.807, 2.05) is 24.3 Å². The Morgan fingerprint density at radius 3 is 2.86 bits per heavy atom. The zero-order valence-electron chi connectivity index (χ0n) is 12.8. The van der Waals surface area contributed by atoms with Crippen LogP contribution < -0.4 is 10.6 Å². The number of rotatable bonds is 3. The van der Waals surface area contributed by atoms with Crippen LogP contribution in [0.4, 0.5) is 5.69 Å². The fourth-order valence-corrected chi connectivity index (χ4v) is 2.71. The first-order valence-corrected chi connectivity index (χ1v) is 7.23. The molecule has 0 radical (unpaired) electrons. The van der Waals surface area contributed by atoms with Crippen LogP contribution in [0.15, 0.2) is 30.5 Å². The number of fused-ring (bicyclic) bond motifs is 1. The molecule has 0 saturated carbocycles. The zero-order chi connectivity index (χ0) is 14.8. The van der Waals surface area contributed by atoms with E-state index in [1.165, 1.54) is 0 Å². The Kier molecular flexibility index (Phi) is 5.21. The van der Waals surface area contributed by atoms with E-state index < -0.39 is 0 Å². The van der Waals surface area contributed by atoms with Gasteiger partial charge < -0.3 is 15.5 Å². The lowest BCUT2D eigenvalue weighted by molar-refractivity contribution is 0.0829. The predicted molar refractivity (Wildman–Crippen MR) is 91.9 cm³/mol. The number of carbonyl (C=O) groups is 1. The molecule has 22 heavy (non-hydrogen) atoms. The minimum Gasteiger partial charge on any atom is -0.380 e. The molecule has 118 valence electrons. The highest BCUT2D eigenvalue weighted by molar-refractivity contribution is 6.08. The van der Waals surface area contributed by atoms with Crippen LogP contribution in [0.25, 0.3) is 10.9 Å². The Bertz CT molecular complexity index is 668. The van der Waals surface area contributed by atoms with Gasteiger partial charge in [0.1, 0.15) is 0 Å². The van der Waals surface area contributed by atoms with Gasteiger partial charge in [0, 0.05) is 44.0 Å². The molecule has 2 aromatic rings. The molecule has 2 N–H and O–H groups in total. The number of carbonyl (C=O) groups excluding carboxylic acids is 1. The van der Waals surface area contributed by atoms with Crippen molar-refractivity contribution in [1.82, 2.24) is 15.2 Å². The number of halogens is 1. The molecule has 2 heterocycles. The van der Waals surface area contributed by atoms with Gasteiger partial charge in [-0.15, -0.1) is 12.4 Å². The van der Waals surface area contributed by atoms with Crippen LogP contribution in [-0.4, -0.2) is 49.0 Å². The summed E-state index contributed by atoms with van der Waals surface area (Å²) in [4.78, 5) is 18.3. The van der Waals surface area contributed by atoms with E-state index in [9.17, 15) is 4.79 Å². The fraction of sp³-hybridized carbons (Fsp3) is 0.375. The van der Waals surface area contributed by atoms with Gasteiger partial charge in [0.2, 0.25) is 0 Å². The maximum atomic E-state index is 12.3. The maximum absolute atomic E-state index is 12.3. The predicted octanol–water partition coefficient (Wildman–Crippen LogP) is 2.13. The van der Waals surface area contributed by atoms with Crippen molar-refractivity contribution in [2.75, 3.05) is 32.5 Å². The van der Waals surface area contributed by atoms with Crippen LogP contribution in [0.1, 0.15) is 16.8 Å². The summed E-state index contributed by atoms with van der Waals surface area (Å²) in [6.07, 6.45) is 2.84. The first kappa shape index (κ1) is 16.5. The summed E-state index contributed by atoms with van der Waals surface area (Å²) in [5.41, 5.74) is 2.44. The number of nitrogens with zero attached hydrogens (tertiary/aromatic N) is 2. The number of pyridine rings is 1. The largest absolute Gasteiger partial charge is 0.380 e. The summed E-state index contributed by atoms with van der Waals surface area (Å²) in [6.45, 7) is 2.02. The Morgan fingerprint density at radius 2 is 2.18 bits per heavy atom. The first-order valence-electron chi connectivity index (χ1n) is 7.23. The normalized spacial score (nSPS) is 17.1. The van der Waals surface area contributed by atoms with Crippen molar-refractivity contribution < 1.29 is 4.79 Å². The van der Waals surface area contributed by atoms with E-state index in [1.54, 1.807) is 25.2 Å². The molecule has 1 aliphatic rings. The van der Waals surface area contributed by atoms with Crippen LogP contribution in [0.3, 0.4) is 0 Å². The summed E-state index contributed by atoms with van der Waals surface area (Å²) in [6, 6.07) is 8.20. The zero-order valence-corrected chi connectivity index (χ0v) is 13.6. The molecule has 1 atom stereocenters. The average molecular weight is 321 g/mol. The molecular formula is C16H21ClN4O. The molecule has 0 unspecified atom stereocenters. The van der Waals surface area contributed by atoms with Gasteiger partial charge in [0.25, 0.3) is 5.91 Å².